The van der Waals surface area contributed by atoms with Crippen LogP contribution in [0.4, 0.5) is 13.2 Å². The van der Waals surface area contributed by atoms with E-state index in [4.69, 9.17) is 5.73 Å². The zero-order valence-corrected chi connectivity index (χ0v) is 12.1. The topological polar surface area (TPSA) is 29.3 Å². The normalized spacial score (nSPS) is 19.7. The number of rotatable bonds is 9. The molecular weight excluding hydrogens is 253 g/mol. The Balaban J connectivity index is 2.54. The summed E-state index contributed by atoms with van der Waals surface area (Å²) in [4.78, 5) is 2.37. The fraction of sp³-hybridized carbons (Fsp3) is 1.00. The summed E-state index contributed by atoms with van der Waals surface area (Å²) in [6.07, 6.45) is 0.475. The molecule has 5 heteroatoms. The number of nitrogens with two attached hydrogens (primary N) is 1. The fourth-order valence-electron chi connectivity index (χ4n) is 2.64. The van der Waals surface area contributed by atoms with Gasteiger partial charge in [-0.05, 0) is 45.6 Å². The summed E-state index contributed by atoms with van der Waals surface area (Å²) in [6.45, 7) is 5.55. The van der Waals surface area contributed by atoms with Crippen molar-refractivity contribution in [2.75, 3.05) is 13.1 Å². The fourth-order valence-corrected chi connectivity index (χ4v) is 2.64. The summed E-state index contributed by atoms with van der Waals surface area (Å²) in [5.74, 6) is 0. The van der Waals surface area contributed by atoms with Crippen molar-refractivity contribution in [3.05, 3.63) is 0 Å². The predicted molar refractivity (Wildman–Crippen MR) is 72.0 cm³/mol. The Kier molecular flexibility index (Phi) is 6.12. The Hall–Kier alpha value is -0.290. The van der Waals surface area contributed by atoms with Gasteiger partial charge in [-0.3, -0.25) is 4.90 Å². The quantitative estimate of drug-likeness (QED) is 0.698. The van der Waals surface area contributed by atoms with E-state index in [1.54, 1.807) is 0 Å². The van der Waals surface area contributed by atoms with Gasteiger partial charge in [-0.15, -0.1) is 0 Å². The molecule has 0 heterocycles. The number of nitrogens with zero attached hydrogens (tertiary/aromatic N) is 1. The summed E-state index contributed by atoms with van der Waals surface area (Å²) in [5, 5.41) is 0. The minimum atomic E-state index is -4.05. The van der Waals surface area contributed by atoms with Crippen molar-refractivity contribution in [3.63, 3.8) is 0 Å². The van der Waals surface area contributed by atoms with Crippen molar-refractivity contribution in [1.29, 1.82) is 0 Å². The van der Waals surface area contributed by atoms with Gasteiger partial charge in [0.1, 0.15) is 0 Å². The average molecular weight is 280 g/mol. The van der Waals surface area contributed by atoms with Gasteiger partial charge in [-0.2, -0.15) is 13.2 Å². The minimum absolute atomic E-state index is 0.173. The van der Waals surface area contributed by atoms with Crippen LogP contribution >= 0.6 is 0 Å². The van der Waals surface area contributed by atoms with Gasteiger partial charge in [-0.1, -0.05) is 13.3 Å². The standard InChI is InChI=1S/C14H27F3N2/c1-3-4-10-19(12-6-7-12)13(2,11-18)8-5-9-14(15,16)17/h12H,3-11,18H2,1-2H3. The van der Waals surface area contributed by atoms with Gasteiger partial charge in [0.25, 0.3) is 0 Å². The van der Waals surface area contributed by atoms with Gasteiger partial charge >= 0.3 is 6.18 Å². The molecule has 1 saturated carbocycles. The van der Waals surface area contributed by atoms with E-state index in [1.165, 1.54) is 12.8 Å². The summed E-state index contributed by atoms with van der Waals surface area (Å²) >= 11 is 0. The molecule has 0 aromatic heterocycles. The van der Waals surface area contributed by atoms with Gasteiger partial charge in [0.2, 0.25) is 0 Å². The summed E-state index contributed by atoms with van der Waals surface area (Å²) < 4.78 is 36.8. The monoisotopic (exact) mass is 280 g/mol. The van der Waals surface area contributed by atoms with Crippen molar-refractivity contribution in [1.82, 2.24) is 4.90 Å². The Bertz CT molecular complexity index is 264. The molecule has 1 unspecified atom stereocenters. The van der Waals surface area contributed by atoms with Crippen molar-refractivity contribution in [3.8, 4) is 0 Å². The third-order valence-corrected chi connectivity index (χ3v) is 4.05. The first-order valence-electron chi connectivity index (χ1n) is 7.36. The van der Waals surface area contributed by atoms with Crippen LogP contribution in [-0.2, 0) is 0 Å². The third kappa shape index (κ3) is 5.69. The highest BCUT2D eigenvalue weighted by Gasteiger charge is 2.40. The molecule has 0 saturated heterocycles. The van der Waals surface area contributed by atoms with Crippen LogP contribution in [0.5, 0.6) is 0 Å². The Labute approximate surface area is 114 Å². The second kappa shape index (κ2) is 6.93. The summed E-state index contributed by atoms with van der Waals surface area (Å²) in [7, 11) is 0. The van der Waals surface area contributed by atoms with Crippen LogP contribution in [0.2, 0.25) is 0 Å². The third-order valence-electron chi connectivity index (χ3n) is 4.05. The lowest BCUT2D eigenvalue weighted by molar-refractivity contribution is -0.137. The Morgan fingerprint density at radius 3 is 2.21 bits per heavy atom. The molecule has 0 amide bonds. The van der Waals surface area contributed by atoms with Crippen LogP contribution in [0.25, 0.3) is 0 Å². The second-order valence-corrected chi connectivity index (χ2v) is 5.95. The molecule has 1 rings (SSSR count). The van der Waals surface area contributed by atoms with E-state index < -0.39 is 12.6 Å². The molecule has 1 aliphatic carbocycles. The van der Waals surface area contributed by atoms with Gasteiger partial charge in [0.05, 0.1) is 0 Å². The molecule has 0 bridgehead atoms. The largest absolute Gasteiger partial charge is 0.389 e. The molecule has 1 fully saturated rings. The lowest BCUT2D eigenvalue weighted by Gasteiger charge is -2.41. The molecule has 0 aromatic rings. The van der Waals surface area contributed by atoms with Crippen LogP contribution in [0.15, 0.2) is 0 Å². The van der Waals surface area contributed by atoms with Crippen molar-refractivity contribution < 1.29 is 13.2 Å². The minimum Gasteiger partial charge on any atom is -0.329 e. The van der Waals surface area contributed by atoms with Crippen LogP contribution in [-0.4, -0.2) is 35.7 Å². The zero-order valence-electron chi connectivity index (χ0n) is 12.1. The molecule has 0 radical (unpaired) electrons. The van der Waals surface area contributed by atoms with E-state index in [0.717, 1.165) is 19.4 Å². The molecule has 2 N–H and O–H groups in total. The lowest BCUT2D eigenvalue weighted by Crippen LogP contribution is -2.53. The summed E-state index contributed by atoms with van der Waals surface area (Å²) in [5.41, 5.74) is 5.60. The smallest absolute Gasteiger partial charge is 0.329 e. The van der Waals surface area contributed by atoms with E-state index in [0.29, 0.717) is 19.0 Å². The first-order valence-corrected chi connectivity index (χ1v) is 7.36. The molecular formula is C14H27F3N2. The Morgan fingerprint density at radius 1 is 1.16 bits per heavy atom. The SMILES string of the molecule is CCCCN(C1CC1)C(C)(CN)CCCC(F)(F)F. The van der Waals surface area contributed by atoms with Crippen molar-refractivity contribution in [2.45, 2.75) is 76.6 Å². The highest BCUT2D eigenvalue weighted by molar-refractivity contribution is 4.96. The van der Waals surface area contributed by atoms with Gasteiger partial charge in [0, 0.05) is 24.5 Å². The summed E-state index contributed by atoms with van der Waals surface area (Å²) in [6, 6.07) is 0.547. The number of unbranched alkanes of at least 4 members (excludes halogenated alkanes) is 1. The van der Waals surface area contributed by atoms with E-state index in [9.17, 15) is 13.2 Å². The number of alkyl halides is 3. The van der Waals surface area contributed by atoms with Gasteiger partial charge in [-0.25, -0.2) is 0 Å². The highest BCUT2D eigenvalue weighted by Crippen LogP contribution is 2.36. The number of hydrogen-bond acceptors (Lipinski definition) is 2. The van der Waals surface area contributed by atoms with Crippen LogP contribution in [0.1, 0.15) is 58.8 Å². The second-order valence-electron chi connectivity index (χ2n) is 5.95. The van der Waals surface area contributed by atoms with E-state index in [2.05, 4.69) is 11.8 Å². The van der Waals surface area contributed by atoms with E-state index in [1.807, 2.05) is 6.92 Å². The van der Waals surface area contributed by atoms with E-state index >= 15 is 0 Å². The first-order chi connectivity index (χ1) is 8.82. The molecule has 0 aromatic carbocycles. The lowest BCUT2D eigenvalue weighted by atomic mass is 9.91. The number of hydrogen-bond donors (Lipinski definition) is 1. The Morgan fingerprint density at radius 2 is 1.79 bits per heavy atom. The van der Waals surface area contributed by atoms with Crippen molar-refractivity contribution in [2.24, 2.45) is 5.73 Å². The van der Waals surface area contributed by atoms with E-state index in [-0.39, 0.29) is 12.0 Å². The van der Waals surface area contributed by atoms with Crippen LogP contribution in [0.3, 0.4) is 0 Å². The molecule has 19 heavy (non-hydrogen) atoms. The predicted octanol–water partition coefficient (Wildman–Crippen LogP) is 3.70. The molecule has 0 spiro atoms. The zero-order chi connectivity index (χ0) is 14.5. The maximum absolute atomic E-state index is 12.3. The maximum Gasteiger partial charge on any atom is 0.389 e. The number of halogens is 3. The molecule has 114 valence electrons. The van der Waals surface area contributed by atoms with Crippen molar-refractivity contribution >= 4 is 0 Å². The van der Waals surface area contributed by atoms with Gasteiger partial charge in [0.15, 0.2) is 0 Å². The highest BCUT2D eigenvalue weighted by atomic mass is 19.4. The first kappa shape index (κ1) is 16.8. The van der Waals surface area contributed by atoms with Crippen LogP contribution in [0, 0.1) is 0 Å². The van der Waals surface area contributed by atoms with Gasteiger partial charge < -0.3 is 5.73 Å². The molecule has 1 atom stereocenters. The maximum atomic E-state index is 12.3. The molecule has 1 aliphatic rings. The average Bonchev–Trinajstić information content (AvgIpc) is 3.12. The molecule has 0 aliphatic heterocycles. The van der Waals surface area contributed by atoms with Crippen LogP contribution < -0.4 is 5.73 Å². The molecule has 2 nitrogen and oxygen atoms in total.